The van der Waals surface area contributed by atoms with E-state index in [9.17, 15) is 18.0 Å². The zero-order valence-electron chi connectivity index (χ0n) is 11.8. The average molecular weight is 328 g/mol. The highest BCUT2D eigenvalue weighted by Gasteiger charge is 2.33. The number of aromatic nitrogens is 2. The maximum atomic E-state index is 12.4. The van der Waals surface area contributed by atoms with Crippen molar-refractivity contribution in [2.24, 2.45) is 0 Å². The fraction of sp³-hybridized carbons (Fsp3) is 0.214. The Bertz CT molecular complexity index is 702. The van der Waals surface area contributed by atoms with Crippen LogP contribution in [0.5, 0.6) is 17.4 Å². The summed E-state index contributed by atoms with van der Waals surface area (Å²) in [6.07, 6.45) is -4.78. The van der Waals surface area contributed by atoms with Gasteiger partial charge in [-0.25, -0.2) is 0 Å². The average Bonchev–Trinajstić information content (AvgIpc) is 2.48. The Kier molecular flexibility index (Phi) is 4.68. The molecule has 1 aromatic heterocycles. The molecule has 0 unspecified atom stereocenters. The number of rotatable bonds is 5. The lowest BCUT2D eigenvalue weighted by atomic mass is 10.1. The first-order valence-corrected chi connectivity index (χ1v) is 6.27. The van der Waals surface area contributed by atoms with Crippen molar-refractivity contribution in [2.45, 2.75) is 12.6 Å². The van der Waals surface area contributed by atoms with E-state index in [1.807, 2.05) is 0 Å². The number of carboxylic acid groups (broad SMARTS) is 1. The third kappa shape index (κ3) is 4.31. The van der Waals surface area contributed by atoms with Gasteiger partial charge in [0.15, 0.2) is 17.2 Å². The third-order valence-electron chi connectivity index (χ3n) is 2.73. The largest absolute Gasteiger partial charge is 0.493 e. The number of alkyl halides is 3. The van der Waals surface area contributed by atoms with Crippen molar-refractivity contribution in [3.63, 3.8) is 0 Å². The summed E-state index contributed by atoms with van der Waals surface area (Å²) < 4.78 is 47.6. The van der Waals surface area contributed by atoms with Gasteiger partial charge in [0.2, 0.25) is 5.88 Å². The van der Waals surface area contributed by atoms with E-state index in [0.29, 0.717) is 5.56 Å². The van der Waals surface area contributed by atoms with Crippen molar-refractivity contribution in [1.29, 1.82) is 0 Å². The minimum absolute atomic E-state index is 0.151. The van der Waals surface area contributed by atoms with Crippen molar-refractivity contribution in [1.82, 2.24) is 10.2 Å². The van der Waals surface area contributed by atoms with Gasteiger partial charge >= 0.3 is 12.1 Å². The van der Waals surface area contributed by atoms with Crippen LogP contribution >= 0.6 is 0 Å². The Balaban J connectivity index is 2.20. The molecule has 23 heavy (non-hydrogen) atoms. The summed E-state index contributed by atoms with van der Waals surface area (Å²) in [5.41, 5.74) is -0.645. The minimum Gasteiger partial charge on any atom is -0.493 e. The maximum absolute atomic E-state index is 12.4. The molecule has 122 valence electrons. The van der Waals surface area contributed by atoms with Crippen molar-refractivity contribution in [3.05, 3.63) is 41.6 Å². The number of methoxy groups -OCH3 is 1. The van der Waals surface area contributed by atoms with E-state index in [0.717, 1.165) is 12.1 Å². The van der Waals surface area contributed by atoms with Gasteiger partial charge in [-0.15, -0.1) is 10.2 Å². The predicted molar refractivity (Wildman–Crippen MR) is 71.4 cm³/mol. The van der Waals surface area contributed by atoms with Gasteiger partial charge in [0, 0.05) is 6.07 Å². The summed E-state index contributed by atoms with van der Waals surface area (Å²) in [5, 5.41) is 15.1. The number of carboxylic acids is 1. The van der Waals surface area contributed by atoms with E-state index in [4.69, 9.17) is 14.6 Å². The smallest absolute Gasteiger partial charge is 0.435 e. The van der Waals surface area contributed by atoms with Crippen molar-refractivity contribution in [3.8, 4) is 17.4 Å². The van der Waals surface area contributed by atoms with Gasteiger partial charge in [0.05, 0.1) is 13.5 Å². The van der Waals surface area contributed by atoms with Gasteiger partial charge < -0.3 is 14.6 Å². The molecule has 2 rings (SSSR count). The molecular formula is C14H11F3N2O4. The topological polar surface area (TPSA) is 81.5 Å². The Hall–Kier alpha value is -2.84. The SMILES string of the molecule is COc1cc(CC(=O)O)ccc1Oc1ccc(C(F)(F)F)nn1. The molecule has 0 radical (unpaired) electrons. The van der Waals surface area contributed by atoms with Gasteiger partial charge in [0.25, 0.3) is 0 Å². The fourth-order valence-corrected chi connectivity index (χ4v) is 1.72. The number of ether oxygens (including phenoxy) is 2. The molecule has 1 N–H and O–H groups in total. The first-order chi connectivity index (χ1) is 10.8. The standard InChI is InChI=1S/C14H11F3N2O4/c1-22-10-6-8(7-13(20)21)2-3-9(10)23-12-5-4-11(18-19-12)14(15,16)17/h2-6H,7H2,1H3,(H,20,21). The first-order valence-electron chi connectivity index (χ1n) is 6.27. The summed E-state index contributed by atoms with van der Waals surface area (Å²) >= 11 is 0. The molecule has 0 spiro atoms. The number of carbonyl (C=O) groups is 1. The number of halogens is 3. The fourth-order valence-electron chi connectivity index (χ4n) is 1.72. The van der Waals surface area contributed by atoms with Gasteiger partial charge in [-0.2, -0.15) is 13.2 Å². The molecule has 6 nitrogen and oxygen atoms in total. The lowest BCUT2D eigenvalue weighted by molar-refractivity contribution is -0.141. The molecule has 1 heterocycles. The minimum atomic E-state index is -4.58. The molecule has 1 aromatic carbocycles. The van der Waals surface area contributed by atoms with Crippen LogP contribution < -0.4 is 9.47 Å². The second-order valence-corrected chi connectivity index (χ2v) is 4.41. The highest BCUT2D eigenvalue weighted by atomic mass is 19.4. The second-order valence-electron chi connectivity index (χ2n) is 4.41. The summed E-state index contributed by atoms with van der Waals surface area (Å²) in [7, 11) is 1.35. The summed E-state index contributed by atoms with van der Waals surface area (Å²) in [6, 6.07) is 6.18. The van der Waals surface area contributed by atoms with E-state index in [1.54, 1.807) is 0 Å². The van der Waals surface area contributed by atoms with Crippen molar-refractivity contribution in [2.75, 3.05) is 7.11 Å². The molecule has 0 saturated carbocycles. The van der Waals surface area contributed by atoms with E-state index in [-0.39, 0.29) is 23.8 Å². The highest BCUT2D eigenvalue weighted by Crippen LogP contribution is 2.32. The quantitative estimate of drug-likeness (QED) is 0.909. The number of benzene rings is 1. The van der Waals surface area contributed by atoms with Crippen LogP contribution in [0, 0.1) is 0 Å². The lowest BCUT2D eigenvalue weighted by Crippen LogP contribution is -2.09. The molecular weight excluding hydrogens is 317 g/mol. The van der Waals surface area contributed by atoms with Crippen LogP contribution in [-0.2, 0) is 17.4 Å². The Morgan fingerprint density at radius 1 is 1.17 bits per heavy atom. The van der Waals surface area contributed by atoms with Gasteiger partial charge in [-0.3, -0.25) is 4.79 Å². The van der Waals surface area contributed by atoms with E-state index >= 15 is 0 Å². The van der Waals surface area contributed by atoms with Crippen LogP contribution in [0.2, 0.25) is 0 Å². The molecule has 0 aliphatic rings. The van der Waals surface area contributed by atoms with Crippen LogP contribution in [0.3, 0.4) is 0 Å². The van der Waals surface area contributed by atoms with Crippen LogP contribution in [-0.4, -0.2) is 28.4 Å². The molecule has 0 saturated heterocycles. The first kappa shape index (κ1) is 16.5. The Morgan fingerprint density at radius 3 is 2.43 bits per heavy atom. The predicted octanol–water partition coefficient (Wildman–Crippen LogP) is 2.92. The normalized spacial score (nSPS) is 11.1. The molecule has 0 fully saturated rings. The zero-order valence-corrected chi connectivity index (χ0v) is 11.8. The van der Waals surface area contributed by atoms with E-state index in [2.05, 4.69) is 10.2 Å². The van der Waals surface area contributed by atoms with Crippen molar-refractivity contribution >= 4 is 5.97 Å². The lowest BCUT2D eigenvalue weighted by Gasteiger charge is -2.11. The van der Waals surface area contributed by atoms with E-state index in [1.165, 1.54) is 25.3 Å². The Morgan fingerprint density at radius 2 is 1.91 bits per heavy atom. The Labute approximate surface area is 128 Å². The van der Waals surface area contributed by atoms with Gasteiger partial charge in [-0.05, 0) is 23.8 Å². The van der Waals surface area contributed by atoms with Crippen LogP contribution in [0.25, 0.3) is 0 Å². The molecule has 2 aromatic rings. The monoisotopic (exact) mass is 328 g/mol. The van der Waals surface area contributed by atoms with Gasteiger partial charge in [0.1, 0.15) is 0 Å². The second kappa shape index (κ2) is 6.51. The number of aliphatic carboxylic acids is 1. The number of hydrogen-bond acceptors (Lipinski definition) is 5. The van der Waals surface area contributed by atoms with Gasteiger partial charge in [-0.1, -0.05) is 6.07 Å². The van der Waals surface area contributed by atoms with E-state index < -0.39 is 17.8 Å². The number of hydrogen-bond donors (Lipinski definition) is 1. The maximum Gasteiger partial charge on any atom is 0.435 e. The molecule has 0 aliphatic carbocycles. The molecule has 9 heteroatoms. The highest BCUT2D eigenvalue weighted by molar-refractivity contribution is 5.70. The molecule has 0 amide bonds. The molecule has 0 aliphatic heterocycles. The zero-order chi connectivity index (χ0) is 17.0. The summed E-state index contributed by atoms with van der Waals surface area (Å²) in [5.74, 6) is -0.752. The molecule has 0 bridgehead atoms. The third-order valence-corrected chi connectivity index (χ3v) is 2.73. The van der Waals surface area contributed by atoms with Crippen LogP contribution in [0.4, 0.5) is 13.2 Å². The summed E-state index contributed by atoms with van der Waals surface area (Å²) in [6.45, 7) is 0. The summed E-state index contributed by atoms with van der Waals surface area (Å²) in [4.78, 5) is 10.7. The van der Waals surface area contributed by atoms with Crippen LogP contribution in [0.1, 0.15) is 11.3 Å². The van der Waals surface area contributed by atoms with Crippen LogP contribution in [0.15, 0.2) is 30.3 Å². The van der Waals surface area contributed by atoms with Crippen molar-refractivity contribution < 1.29 is 32.5 Å². The number of nitrogens with zero attached hydrogens (tertiary/aromatic N) is 2. The molecule has 0 atom stereocenters.